The molecule has 3 aliphatic heterocycles. The van der Waals surface area contributed by atoms with Gasteiger partial charge in [-0.25, -0.2) is 12.7 Å². The van der Waals surface area contributed by atoms with Crippen molar-refractivity contribution in [1.82, 2.24) is 9.62 Å². The highest BCUT2D eigenvalue weighted by atomic mass is 32.2. The number of sulfonamides is 1. The Labute approximate surface area is 177 Å². The van der Waals surface area contributed by atoms with Crippen LogP contribution >= 0.6 is 0 Å². The van der Waals surface area contributed by atoms with E-state index in [4.69, 9.17) is 4.74 Å². The van der Waals surface area contributed by atoms with Gasteiger partial charge in [-0.3, -0.25) is 9.59 Å². The van der Waals surface area contributed by atoms with E-state index in [1.54, 1.807) is 24.9 Å². The lowest BCUT2D eigenvalue weighted by molar-refractivity contribution is -0.124. The highest BCUT2D eigenvalue weighted by Gasteiger charge is 2.52. The molecule has 2 amide bonds. The molecule has 0 atom stereocenters. The topological polar surface area (TPSA) is 96.0 Å². The number of likely N-dealkylation sites (N-methyl/N-ethyl adjacent to an activating group) is 1. The van der Waals surface area contributed by atoms with Crippen molar-refractivity contribution in [3.05, 3.63) is 29.3 Å². The van der Waals surface area contributed by atoms with Gasteiger partial charge in [-0.05, 0) is 56.4 Å². The number of piperidine rings is 1. The van der Waals surface area contributed by atoms with Crippen LogP contribution in [-0.2, 0) is 25.0 Å². The van der Waals surface area contributed by atoms with Crippen LogP contribution in [-0.4, -0.2) is 69.7 Å². The summed E-state index contributed by atoms with van der Waals surface area (Å²) in [4.78, 5) is 27.7. The Morgan fingerprint density at radius 3 is 2.53 bits per heavy atom. The maximum absolute atomic E-state index is 13.2. The number of fused-ring (bicyclic) bond motifs is 2. The number of benzene rings is 1. The fourth-order valence-electron chi connectivity index (χ4n) is 4.82. The third-order valence-corrected chi connectivity index (χ3v) is 8.62. The molecule has 1 aromatic carbocycles. The summed E-state index contributed by atoms with van der Waals surface area (Å²) in [6.45, 7) is 3.55. The number of amides is 2. The molecule has 9 heteroatoms. The first kappa shape index (κ1) is 21.3. The summed E-state index contributed by atoms with van der Waals surface area (Å²) in [6, 6.07) is 5.51. The molecular weight excluding hydrogens is 406 g/mol. The summed E-state index contributed by atoms with van der Waals surface area (Å²) in [5, 5.41) is 3.07. The molecule has 0 unspecified atom stereocenters. The van der Waals surface area contributed by atoms with Gasteiger partial charge in [0.25, 0.3) is 5.91 Å². The number of hydrogen-bond acceptors (Lipinski definition) is 5. The maximum Gasteiger partial charge on any atom is 0.251 e. The first-order valence-electron chi connectivity index (χ1n) is 10.6. The summed E-state index contributed by atoms with van der Waals surface area (Å²) < 4.78 is 31.3. The molecule has 2 saturated heterocycles. The summed E-state index contributed by atoms with van der Waals surface area (Å²) in [5.41, 5.74) is 1.41. The van der Waals surface area contributed by atoms with E-state index in [1.807, 2.05) is 12.1 Å². The minimum absolute atomic E-state index is 0.0203. The van der Waals surface area contributed by atoms with E-state index in [0.717, 1.165) is 24.1 Å². The van der Waals surface area contributed by atoms with Crippen LogP contribution < -0.4 is 10.2 Å². The van der Waals surface area contributed by atoms with Gasteiger partial charge >= 0.3 is 0 Å². The van der Waals surface area contributed by atoms with Crippen molar-refractivity contribution < 1.29 is 22.7 Å². The van der Waals surface area contributed by atoms with Crippen LogP contribution in [0.2, 0.25) is 0 Å². The molecule has 3 aliphatic rings. The second kappa shape index (κ2) is 7.94. The van der Waals surface area contributed by atoms with E-state index in [1.165, 1.54) is 4.31 Å². The number of nitrogens with one attached hydrogen (secondary N) is 1. The van der Waals surface area contributed by atoms with Gasteiger partial charge in [-0.1, -0.05) is 0 Å². The smallest absolute Gasteiger partial charge is 0.251 e. The standard InChI is InChI=1S/C21H29N3O5S/c1-3-30(27,28)24-10-8-21(9-11-24)17-14-15(4-5-18(17)23(2)20(21)26)19(25)22-16-6-12-29-13-7-16/h4-5,14,16H,3,6-13H2,1-2H3,(H,22,25). The Hall–Kier alpha value is -1.97. The Morgan fingerprint density at radius 1 is 1.23 bits per heavy atom. The fraction of sp³-hybridized carbons (Fsp3) is 0.619. The fourth-order valence-corrected chi connectivity index (χ4v) is 5.93. The van der Waals surface area contributed by atoms with Gasteiger partial charge in [0.05, 0.1) is 11.2 Å². The van der Waals surface area contributed by atoms with Crippen LogP contribution in [0.5, 0.6) is 0 Å². The average Bonchev–Trinajstić information content (AvgIpc) is 2.96. The molecule has 164 valence electrons. The third kappa shape index (κ3) is 3.52. The molecule has 0 aromatic heterocycles. The van der Waals surface area contributed by atoms with E-state index in [-0.39, 0.29) is 23.6 Å². The zero-order chi connectivity index (χ0) is 21.5. The van der Waals surface area contributed by atoms with Gasteiger partial charge in [-0.15, -0.1) is 0 Å². The van der Waals surface area contributed by atoms with E-state index >= 15 is 0 Å². The van der Waals surface area contributed by atoms with Gasteiger partial charge in [0.15, 0.2) is 0 Å². The minimum Gasteiger partial charge on any atom is -0.381 e. The van der Waals surface area contributed by atoms with Crippen molar-refractivity contribution in [3.8, 4) is 0 Å². The van der Waals surface area contributed by atoms with Crippen molar-refractivity contribution >= 4 is 27.5 Å². The van der Waals surface area contributed by atoms with Gasteiger partial charge in [0.2, 0.25) is 15.9 Å². The quantitative estimate of drug-likeness (QED) is 0.768. The molecule has 3 heterocycles. The van der Waals surface area contributed by atoms with Crippen LogP contribution in [0.15, 0.2) is 18.2 Å². The summed E-state index contributed by atoms with van der Waals surface area (Å²) in [7, 11) is -1.54. The predicted molar refractivity (Wildman–Crippen MR) is 113 cm³/mol. The lowest BCUT2D eigenvalue weighted by Crippen LogP contribution is -2.49. The van der Waals surface area contributed by atoms with Crippen LogP contribution in [0, 0.1) is 0 Å². The van der Waals surface area contributed by atoms with Crippen molar-refractivity contribution in [2.24, 2.45) is 0 Å². The van der Waals surface area contributed by atoms with Crippen LogP contribution in [0.3, 0.4) is 0 Å². The predicted octanol–water partition coefficient (Wildman–Crippen LogP) is 1.26. The molecule has 30 heavy (non-hydrogen) atoms. The average molecular weight is 436 g/mol. The SMILES string of the molecule is CCS(=O)(=O)N1CCC2(CC1)C(=O)N(C)c1ccc(C(=O)NC3CCOCC3)cc12. The first-order valence-corrected chi connectivity index (χ1v) is 12.2. The number of carbonyl (C=O) groups excluding carboxylic acids is 2. The van der Waals surface area contributed by atoms with Crippen molar-refractivity contribution in [1.29, 1.82) is 0 Å². The summed E-state index contributed by atoms with van der Waals surface area (Å²) in [5.74, 6) is -0.109. The van der Waals surface area contributed by atoms with Gasteiger partial charge < -0.3 is 15.0 Å². The summed E-state index contributed by atoms with van der Waals surface area (Å²) >= 11 is 0. The molecule has 1 spiro atoms. The Balaban J connectivity index is 1.59. The molecule has 0 aliphatic carbocycles. The normalized spacial score (nSPS) is 22.3. The molecule has 8 nitrogen and oxygen atoms in total. The van der Waals surface area contributed by atoms with Gasteiger partial charge in [0, 0.05) is 50.6 Å². The minimum atomic E-state index is -3.28. The molecule has 0 bridgehead atoms. The van der Waals surface area contributed by atoms with Crippen LogP contribution in [0.1, 0.15) is 48.5 Å². The van der Waals surface area contributed by atoms with Gasteiger partial charge in [0.1, 0.15) is 0 Å². The highest BCUT2D eigenvalue weighted by Crippen LogP contribution is 2.48. The molecule has 2 fully saturated rings. The number of anilines is 1. The van der Waals surface area contributed by atoms with E-state index in [0.29, 0.717) is 44.7 Å². The lowest BCUT2D eigenvalue weighted by Gasteiger charge is -2.37. The lowest BCUT2D eigenvalue weighted by atomic mass is 9.74. The maximum atomic E-state index is 13.2. The van der Waals surface area contributed by atoms with Crippen LogP contribution in [0.4, 0.5) is 5.69 Å². The second-order valence-corrected chi connectivity index (χ2v) is 10.6. The molecule has 4 rings (SSSR count). The number of carbonyl (C=O) groups is 2. The molecule has 0 radical (unpaired) electrons. The number of rotatable bonds is 4. The van der Waals surface area contributed by atoms with Crippen molar-refractivity contribution in [3.63, 3.8) is 0 Å². The molecule has 1 aromatic rings. The zero-order valence-corrected chi connectivity index (χ0v) is 18.3. The molecule has 1 N–H and O–H groups in total. The number of ether oxygens (including phenoxy) is 1. The van der Waals surface area contributed by atoms with E-state index in [9.17, 15) is 18.0 Å². The van der Waals surface area contributed by atoms with Gasteiger partial charge in [-0.2, -0.15) is 0 Å². The molecular formula is C21H29N3O5S. The van der Waals surface area contributed by atoms with Crippen molar-refractivity contribution in [2.75, 3.05) is 44.0 Å². The Morgan fingerprint density at radius 2 is 1.90 bits per heavy atom. The Kier molecular flexibility index (Phi) is 5.63. The number of hydrogen-bond donors (Lipinski definition) is 1. The van der Waals surface area contributed by atoms with Crippen LogP contribution in [0.25, 0.3) is 0 Å². The first-order chi connectivity index (χ1) is 14.3. The zero-order valence-electron chi connectivity index (χ0n) is 17.5. The van der Waals surface area contributed by atoms with E-state index in [2.05, 4.69) is 5.32 Å². The van der Waals surface area contributed by atoms with Crippen molar-refractivity contribution in [2.45, 2.75) is 44.1 Å². The monoisotopic (exact) mass is 435 g/mol. The van der Waals surface area contributed by atoms with E-state index < -0.39 is 15.4 Å². The third-order valence-electron chi connectivity index (χ3n) is 6.74. The largest absolute Gasteiger partial charge is 0.381 e. The molecule has 0 saturated carbocycles. The summed E-state index contributed by atoms with van der Waals surface area (Å²) in [6.07, 6.45) is 2.44. The second-order valence-electron chi connectivity index (χ2n) is 8.34. The Bertz CT molecular complexity index is 947. The highest BCUT2D eigenvalue weighted by molar-refractivity contribution is 7.89. The number of nitrogens with zero attached hydrogens (tertiary/aromatic N) is 2.